The first-order valence-corrected chi connectivity index (χ1v) is 8.37. The summed E-state index contributed by atoms with van der Waals surface area (Å²) < 4.78 is 15.7. The number of halogens is 2. The average molecular weight is 365 g/mol. The lowest BCUT2D eigenvalue weighted by Gasteiger charge is -2.32. The Kier molecular flexibility index (Phi) is 5.03. The fourth-order valence-electron chi connectivity index (χ4n) is 3.19. The monoisotopic (exact) mass is 364 g/mol. The lowest BCUT2D eigenvalue weighted by molar-refractivity contribution is -0.118. The van der Waals surface area contributed by atoms with Gasteiger partial charge >= 0.3 is 0 Å². The highest BCUT2D eigenvalue weighted by molar-refractivity contribution is 6.31. The first-order valence-electron chi connectivity index (χ1n) is 7.99. The smallest absolute Gasteiger partial charge is 0.256 e. The van der Waals surface area contributed by atoms with Crippen molar-refractivity contribution in [3.05, 3.63) is 52.8 Å². The van der Waals surface area contributed by atoms with Crippen LogP contribution in [0, 0.1) is 5.82 Å². The Bertz CT molecular complexity index is 808. The Morgan fingerprint density at radius 1 is 1.40 bits per heavy atom. The molecule has 1 aromatic heterocycles. The number of hydrogen-bond acceptors (Lipinski definition) is 3. The van der Waals surface area contributed by atoms with Crippen LogP contribution < -0.4 is 5.73 Å². The SMILES string of the molecule is NC(=O)Cn1ccnc1[C@H]1CCCN(C(=O)c2cc(Cl)ccc2F)C1. The second-order valence-electron chi connectivity index (χ2n) is 6.09. The number of hydrogen-bond donors (Lipinski definition) is 1. The molecule has 1 atom stereocenters. The molecule has 25 heavy (non-hydrogen) atoms. The van der Waals surface area contributed by atoms with E-state index >= 15 is 0 Å². The summed E-state index contributed by atoms with van der Waals surface area (Å²) in [6.07, 6.45) is 4.90. The molecule has 1 aliphatic heterocycles. The van der Waals surface area contributed by atoms with Gasteiger partial charge in [0.2, 0.25) is 5.91 Å². The van der Waals surface area contributed by atoms with Crippen LogP contribution in [0.25, 0.3) is 0 Å². The molecule has 0 unspecified atom stereocenters. The normalized spacial score (nSPS) is 17.5. The fourth-order valence-corrected chi connectivity index (χ4v) is 3.36. The molecule has 0 spiro atoms. The van der Waals surface area contributed by atoms with Gasteiger partial charge in [0.05, 0.1) is 5.56 Å². The molecular weight excluding hydrogens is 347 g/mol. The molecule has 1 aromatic carbocycles. The van der Waals surface area contributed by atoms with Crippen LogP contribution in [0.1, 0.15) is 34.9 Å². The average Bonchev–Trinajstić information content (AvgIpc) is 3.04. The summed E-state index contributed by atoms with van der Waals surface area (Å²) in [5, 5.41) is 0.315. The minimum Gasteiger partial charge on any atom is -0.368 e. The molecule has 6 nitrogen and oxygen atoms in total. The van der Waals surface area contributed by atoms with Gasteiger partial charge in [-0.05, 0) is 31.0 Å². The molecule has 3 rings (SSSR count). The van der Waals surface area contributed by atoms with Crippen LogP contribution in [-0.4, -0.2) is 39.4 Å². The van der Waals surface area contributed by atoms with E-state index in [4.69, 9.17) is 17.3 Å². The number of carbonyl (C=O) groups is 2. The van der Waals surface area contributed by atoms with Crippen molar-refractivity contribution in [2.45, 2.75) is 25.3 Å². The summed E-state index contributed by atoms with van der Waals surface area (Å²) in [7, 11) is 0. The quantitative estimate of drug-likeness (QED) is 0.902. The molecule has 132 valence electrons. The van der Waals surface area contributed by atoms with E-state index in [2.05, 4.69) is 4.98 Å². The Morgan fingerprint density at radius 2 is 2.20 bits per heavy atom. The second-order valence-corrected chi connectivity index (χ2v) is 6.53. The number of rotatable bonds is 4. The Labute approximate surface area is 149 Å². The van der Waals surface area contributed by atoms with E-state index in [1.807, 2.05) is 0 Å². The Hall–Kier alpha value is -2.41. The minimum atomic E-state index is -0.591. The van der Waals surface area contributed by atoms with Crippen molar-refractivity contribution in [3.63, 3.8) is 0 Å². The van der Waals surface area contributed by atoms with Gasteiger partial charge in [0.25, 0.3) is 5.91 Å². The van der Waals surface area contributed by atoms with Crippen molar-refractivity contribution in [3.8, 4) is 0 Å². The first-order chi connectivity index (χ1) is 12.0. The molecule has 1 aliphatic rings. The lowest BCUT2D eigenvalue weighted by Crippen LogP contribution is -2.40. The number of imidazole rings is 1. The Balaban J connectivity index is 1.79. The van der Waals surface area contributed by atoms with Crippen LogP contribution in [0.4, 0.5) is 4.39 Å². The number of carbonyl (C=O) groups excluding carboxylic acids is 2. The van der Waals surface area contributed by atoms with E-state index in [1.54, 1.807) is 21.9 Å². The van der Waals surface area contributed by atoms with Crippen molar-refractivity contribution in [1.29, 1.82) is 0 Å². The van der Waals surface area contributed by atoms with Gasteiger partial charge in [0, 0.05) is 36.4 Å². The van der Waals surface area contributed by atoms with Crippen LogP contribution in [0.15, 0.2) is 30.6 Å². The van der Waals surface area contributed by atoms with Crippen LogP contribution in [0.2, 0.25) is 5.02 Å². The van der Waals surface area contributed by atoms with Gasteiger partial charge < -0.3 is 15.2 Å². The third-order valence-corrected chi connectivity index (χ3v) is 4.54. The minimum absolute atomic E-state index is 0.0331. The molecule has 0 radical (unpaired) electrons. The van der Waals surface area contributed by atoms with Crippen LogP contribution >= 0.6 is 11.6 Å². The van der Waals surface area contributed by atoms with Gasteiger partial charge in [-0.15, -0.1) is 0 Å². The highest BCUT2D eigenvalue weighted by Crippen LogP contribution is 2.27. The van der Waals surface area contributed by atoms with Crippen molar-refractivity contribution in [2.24, 2.45) is 5.73 Å². The summed E-state index contributed by atoms with van der Waals surface area (Å²) in [6, 6.07) is 3.95. The van der Waals surface area contributed by atoms with Crippen LogP contribution in [-0.2, 0) is 11.3 Å². The van der Waals surface area contributed by atoms with Crippen molar-refractivity contribution < 1.29 is 14.0 Å². The highest BCUT2D eigenvalue weighted by atomic mass is 35.5. The maximum atomic E-state index is 14.0. The zero-order chi connectivity index (χ0) is 18.0. The van der Waals surface area contributed by atoms with Gasteiger partial charge in [-0.1, -0.05) is 11.6 Å². The standard InChI is InChI=1S/C17H18ClFN4O2/c18-12-3-4-14(19)13(8-12)17(25)23-6-1-2-11(9-23)16-21-5-7-22(16)10-15(20)24/h3-5,7-8,11H,1-2,6,9-10H2,(H2,20,24)/t11-/m0/s1. The number of nitrogens with zero attached hydrogens (tertiary/aromatic N) is 3. The zero-order valence-electron chi connectivity index (χ0n) is 13.5. The van der Waals surface area contributed by atoms with E-state index in [9.17, 15) is 14.0 Å². The number of nitrogens with two attached hydrogens (primary N) is 1. The third-order valence-electron chi connectivity index (χ3n) is 4.31. The molecule has 0 saturated carbocycles. The number of aromatic nitrogens is 2. The van der Waals surface area contributed by atoms with Gasteiger partial charge in [-0.2, -0.15) is 0 Å². The van der Waals surface area contributed by atoms with Gasteiger partial charge in [-0.3, -0.25) is 9.59 Å². The topological polar surface area (TPSA) is 81.2 Å². The van der Waals surface area contributed by atoms with Crippen molar-refractivity contribution >= 4 is 23.4 Å². The van der Waals surface area contributed by atoms with Gasteiger partial charge in [-0.25, -0.2) is 9.37 Å². The number of amides is 2. The number of likely N-dealkylation sites (tertiary alicyclic amines) is 1. The van der Waals surface area contributed by atoms with Crippen molar-refractivity contribution in [1.82, 2.24) is 14.5 Å². The molecule has 2 N–H and O–H groups in total. The molecule has 0 aliphatic carbocycles. The Morgan fingerprint density at radius 3 is 2.96 bits per heavy atom. The molecule has 8 heteroatoms. The van der Waals surface area contributed by atoms with Gasteiger partial charge in [0.15, 0.2) is 0 Å². The summed E-state index contributed by atoms with van der Waals surface area (Å²) in [5.74, 6) is -0.759. The summed E-state index contributed by atoms with van der Waals surface area (Å²) in [5.41, 5.74) is 5.22. The van der Waals surface area contributed by atoms with E-state index in [-0.39, 0.29) is 18.0 Å². The fraction of sp³-hybridized carbons (Fsp3) is 0.353. The molecule has 1 saturated heterocycles. The lowest BCUT2D eigenvalue weighted by atomic mass is 9.96. The number of piperidine rings is 1. The van der Waals surface area contributed by atoms with Crippen LogP contribution in [0.5, 0.6) is 0 Å². The second kappa shape index (κ2) is 7.23. The maximum Gasteiger partial charge on any atom is 0.256 e. The number of benzene rings is 1. The highest BCUT2D eigenvalue weighted by Gasteiger charge is 2.29. The summed E-state index contributed by atoms with van der Waals surface area (Å²) in [4.78, 5) is 29.8. The van der Waals surface area contributed by atoms with E-state index in [0.29, 0.717) is 23.9 Å². The molecule has 2 heterocycles. The largest absolute Gasteiger partial charge is 0.368 e. The summed E-state index contributed by atoms with van der Waals surface area (Å²) >= 11 is 5.88. The summed E-state index contributed by atoms with van der Waals surface area (Å²) in [6.45, 7) is 0.987. The van der Waals surface area contributed by atoms with Crippen molar-refractivity contribution in [2.75, 3.05) is 13.1 Å². The third kappa shape index (κ3) is 3.82. The van der Waals surface area contributed by atoms with Crippen LogP contribution in [0.3, 0.4) is 0 Å². The molecular formula is C17H18ClFN4O2. The van der Waals surface area contributed by atoms with Gasteiger partial charge in [0.1, 0.15) is 18.2 Å². The van der Waals surface area contributed by atoms with E-state index in [1.165, 1.54) is 18.2 Å². The zero-order valence-corrected chi connectivity index (χ0v) is 14.2. The molecule has 2 amide bonds. The molecule has 0 bridgehead atoms. The van der Waals surface area contributed by atoms with E-state index in [0.717, 1.165) is 12.8 Å². The number of primary amides is 1. The molecule has 2 aromatic rings. The predicted octanol–water partition coefficient (Wildman–Crippen LogP) is 2.18. The first kappa shape index (κ1) is 17.4. The van der Waals surface area contributed by atoms with E-state index < -0.39 is 17.6 Å². The molecule has 1 fully saturated rings. The maximum absolute atomic E-state index is 14.0. The predicted molar refractivity (Wildman–Crippen MR) is 90.7 cm³/mol.